The van der Waals surface area contributed by atoms with E-state index in [4.69, 9.17) is 11.6 Å². The Labute approximate surface area is 163 Å². The fraction of sp³-hybridized carbons (Fsp3) is 0.0909. The normalized spacial score (nSPS) is 12.1. The van der Waals surface area contributed by atoms with Crippen LogP contribution in [0.5, 0.6) is 0 Å². The van der Waals surface area contributed by atoms with E-state index < -0.39 is 0 Å². The van der Waals surface area contributed by atoms with Gasteiger partial charge in [0.15, 0.2) is 0 Å². The Morgan fingerprint density at radius 1 is 0.519 bits per heavy atom. The molecule has 0 saturated heterocycles. The van der Waals surface area contributed by atoms with E-state index in [0.29, 0.717) is 5.02 Å². The van der Waals surface area contributed by atoms with Crippen molar-refractivity contribution in [2.45, 2.75) is 11.8 Å². The molecule has 4 nitrogen and oxygen atoms in total. The number of hydrogen-bond donors (Lipinski definition) is 0. The Morgan fingerprint density at radius 2 is 0.963 bits per heavy atom. The van der Waals surface area contributed by atoms with Crippen molar-refractivity contribution in [1.29, 1.82) is 0 Å². The molecule has 0 N–H and O–H groups in total. The Kier molecular flexibility index (Phi) is 5.17. The minimum atomic E-state index is -0.172. The molecule has 0 bridgehead atoms. The molecule has 0 aliphatic heterocycles. The summed E-state index contributed by atoms with van der Waals surface area (Å²) in [5, 5.41) is 0.640. The molecule has 0 aliphatic rings. The third-order valence-electron chi connectivity index (χ3n) is 4.41. The van der Waals surface area contributed by atoms with Gasteiger partial charge < -0.3 is 0 Å². The number of hydrogen-bond acceptors (Lipinski definition) is 4. The second-order valence-electron chi connectivity index (χ2n) is 6.12. The molecule has 0 aliphatic carbocycles. The number of halogens is 1. The predicted octanol–water partition coefficient (Wildman–Crippen LogP) is 4.88. The minimum Gasteiger partial charge on any atom is -0.261 e. The maximum atomic E-state index is 6.28. The van der Waals surface area contributed by atoms with Gasteiger partial charge in [-0.05, 0) is 48.5 Å². The lowest BCUT2D eigenvalue weighted by molar-refractivity contribution is 0.626. The van der Waals surface area contributed by atoms with Crippen molar-refractivity contribution in [1.82, 2.24) is 19.9 Å². The van der Waals surface area contributed by atoms with Crippen LogP contribution in [0.15, 0.2) is 91.5 Å². The van der Waals surface area contributed by atoms with Crippen LogP contribution in [-0.4, -0.2) is 19.9 Å². The van der Waals surface area contributed by atoms with Gasteiger partial charge in [-0.1, -0.05) is 29.8 Å². The van der Waals surface area contributed by atoms with E-state index in [1.54, 1.807) is 30.9 Å². The van der Waals surface area contributed by atoms with Crippen molar-refractivity contribution >= 4 is 11.6 Å². The van der Waals surface area contributed by atoms with Crippen LogP contribution in [0.2, 0.25) is 5.02 Å². The predicted molar refractivity (Wildman–Crippen MR) is 106 cm³/mol. The Hall–Kier alpha value is -3.11. The maximum absolute atomic E-state index is 6.28. The highest BCUT2D eigenvalue weighted by Gasteiger charge is 2.32. The Balaban J connectivity index is 1.94. The molecule has 0 spiro atoms. The van der Waals surface area contributed by atoms with Crippen LogP contribution < -0.4 is 0 Å². The second kappa shape index (κ2) is 8.06. The Bertz CT molecular complexity index is 955. The van der Waals surface area contributed by atoms with Crippen molar-refractivity contribution in [3.8, 4) is 0 Å². The molecule has 0 amide bonds. The van der Waals surface area contributed by atoms with Gasteiger partial charge in [-0.3, -0.25) is 19.9 Å². The maximum Gasteiger partial charge on any atom is 0.0576 e. The number of pyridine rings is 4. The third-order valence-corrected chi connectivity index (χ3v) is 4.65. The van der Waals surface area contributed by atoms with Gasteiger partial charge in [0.2, 0.25) is 0 Å². The van der Waals surface area contributed by atoms with Crippen molar-refractivity contribution in [3.05, 3.63) is 119 Å². The van der Waals surface area contributed by atoms with E-state index in [2.05, 4.69) is 19.9 Å². The fourth-order valence-electron chi connectivity index (χ4n) is 3.26. The van der Waals surface area contributed by atoms with Crippen LogP contribution in [0.1, 0.15) is 34.6 Å². The highest BCUT2D eigenvalue weighted by molar-refractivity contribution is 6.30. The van der Waals surface area contributed by atoms with Gasteiger partial charge in [0, 0.05) is 29.8 Å². The summed E-state index contributed by atoms with van der Waals surface area (Å²) in [5.41, 5.74) is 3.55. The van der Waals surface area contributed by atoms with Crippen molar-refractivity contribution < 1.29 is 0 Å². The number of aromatic nitrogens is 4. The molecule has 1 atom stereocenters. The average molecular weight is 373 g/mol. The van der Waals surface area contributed by atoms with Crippen LogP contribution in [0, 0.1) is 0 Å². The van der Waals surface area contributed by atoms with E-state index in [0.717, 1.165) is 22.8 Å². The number of nitrogens with zero attached hydrogens (tertiary/aromatic N) is 4. The molecular formula is C22H17ClN4. The molecule has 4 aromatic rings. The van der Waals surface area contributed by atoms with Gasteiger partial charge in [0.05, 0.1) is 34.6 Å². The van der Waals surface area contributed by atoms with Crippen LogP contribution in [0.3, 0.4) is 0 Å². The van der Waals surface area contributed by atoms with Crippen molar-refractivity contribution in [2.24, 2.45) is 0 Å². The first-order valence-electron chi connectivity index (χ1n) is 8.67. The smallest absolute Gasteiger partial charge is 0.0576 e. The molecular weight excluding hydrogens is 356 g/mol. The molecule has 4 heterocycles. The molecule has 0 fully saturated rings. The van der Waals surface area contributed by atoms with Gasteiger partial charge >= 0.3 is 0 Å². The monoisotopic (exact) mass is 372 g/mol. The number of rotatable bonds is 5. The molecule has 0 radical (unpaired) electrons. The molecule has 0 saturated carbocycles. The first-order valence-corrected chi connectivity index (χ1v) is 9.05. The lowest BCUT2D eigenvalue weighted by Gasteiger charge is -2.26. The van der Waals surface area contributed by atoms with Gasteiger partial charge in [0.1, 0.15) is 0 Å². The van der Waals surface area contributed by atoms with Gasteiger partial charge in [0.25, 0.3) is 0 Å². The zero-order chi connectivity index (χ0) is 18.5. The van der Waals surface area contributed by atoms with E-state index in [1.165, 1.54) is 0 Å². The first kappa shape index (κ1) is 17.3. The van der Waals surface area contributed by atoms with Crippen molar-refractivity contribution in [2.75, 3.05) is 0 Å². The van der Waals surface area contributed by atoms with Crippen LogP contribution in [0.25, 0.3) is 0 Å². The molecule has 1 unspecified atom stereocenters. The van der Waals surface area contributed by atoms with Gasteiger partial charge in [-0.15, -0.1) is 0 Å². The molecule has 27 heavy (non-hydrogen) atoms. The lowest BCUT2D eigenvalue weighted by Crippen LogP contribution is -2.18. The van der Waals surface area contributed by atoms with E-state index in [-0.39, 0.29) is 11.8 Å². The third kappa shape index (κ3) is 3.86. The highest BCUT2D eigenvalue weighted by atomic mass is 35.5. The summed E-state index contributed by atoms with van der Waals surface area (Å²) in [4.78, 5) is 18.5. The second-order valence-corrected chi connectivity index (χ2v) is 6.55. The standard InChI is InChI=1S/C22H17ClN4/c23-16-10-14-27-20(15-16)22(19-9-3-6-13-26-19)21(17-7-1-4-11-24-17)18-8-2-5-12-25-18/h1-15,21-22H. The molecule has 4 aromatic heterocycles. The van der Waals surface area contributed by atoms with Crippen LogP contribution in [0.4, 0.5) is 0 Å². The summed E-state index contributed by atoms with van der Waals surface area (Å²) < 4.78 is 0. The summed E-state index contributed by atoms with van der Waals surface area (Å²) in [6, 6.07) is 21.4. The zero-order valence-corrected chi connectivity index (χ0v) is 15.2. The Morgan fingerprint density at radius 3 is 1.37 bits per heavy atom. The quantitative estimate of drug-likeness (QED) is 0.500. The molecule has 4 rings (SSSR count). The summed E-state index contributed by atoms with van der Waals surface area (Å²) >= 11 is 6.28. The van der Waals surface area contributed by atoms with E-state index in [1.807, 2.05) is 60.7 Å². The fourth-order valence-corrected chi connectivity index (χ4v) is 3.43. The van der Waals surface area contributed by atoms with E-state index in [9.17, 15) is 0 Å². The lowest BCUT2D eigenvalue weighted by atomic mass is 9.81. The van der Waals surface area contributed by atoms with Gasteiger partial charge in [-0.25, -0.2) is 0 Å². The highest BCUT2D eigenvalue weighted by Crippen LogP contribution is 2.40. The van der Waals surface area contributed by atoms with Crippen molar-refractivity contribution in [3.63, 3.8) is 0 Å². The van der Waals surface area contributed by atoms with Crippen LogP contribution >= 0.6 is 11.6 Å². The summed E-state index contributed by atoms with van der Waals surface area (Å²) in [7, 11) is 0. The van der Waals surface area contributed by atoms with E-state index >= 15 is 0 Å². The SMILES string of the molecule is Clc1ccnc(C(c2ccccn2)C(c2ccccn2)c2ccccn2)c1. The summed E-state index contributed by atoms with van der Waals surface area (Å²) in [5.74, 6) is -0.317. The van der Waals surface area contributed by atoms with Crippen LogP contribution in [-0.2, 0) is 0 Å². The largest absolute Gasteiger partial charge is 0.261 e. The first-order chi connectivity index (χ1) is 13.3. The molecule has 132 valence electrons. The molecule has 5 heteroatoms. The molecule has 0 aromatic carbocycles. The minimum absolute atomic E-state index is 0.145. The van der Waals surface area contributed by atoms with Gasteiger partial charge in [-0.2, -0.15) is 0 Å². The summed E-state index contributed by atoms with van der Waals surface area (Å²) in [6.45, 7) is 0. The zero-order valence-electron chi connectivity index (χ0n) is 14.5. The topological polar surface area (TPSA) is 51.6 Å². The summed E-state index contributed by atoms with van der Waals surface area (Å²) in [6.07, 6.45) is 7.11. The average Bonchev–Trinajstić information content (AvgIpc) is 2.74.